The van der Waals surface area contributed by atoms with Crippen molar-refractivity contribution in [1.82, 2.24) is 25.1 Å². The number of sulfonamides is 1. The minimum absolute atomic E-state index is 0.135. The van der Waals surface area contributed by atoms with Gasteiger partial charge in [-0.1, -0.05) is 13.8 Å². The fourth-order valence-corrected chi connectivity index (χ4v) is 3.39. The van der Waals surface area contributed by atoms with Crippen LogP contribution >= 0.6 is 0 Å². The number of nitrogens with zero attached hydrogens (tertiary/aromatic N) is 2. The molecule has 7 nitrogen and oxygen atoms in total. The van der Waals surface area contributed by atoms with Gasteiger partial charge in [0.05, 0.1) is 6.20 Å². The Bertz CT molecular complexity index is 510. The van der Waals surface area contributed by atoms with Gasteiger partial charge in [-0.05, 0) is 27.1 Å². The lowest BCUT2D eigenvalue weighted by molar-refractivity contribution is 0.314. The summed E-state index contributed by atoms with van der Waals surface area (Å²) in [5.74, 6) is 0.197. The number of aromatic nitrogens is 2. The number of likely N-dealkylation sites (N-methyl/N-ethyl adjacent to an activating group) is 1. The average molecular weight is 303 g/mol. The van der Waals surface area contributed by atoms with E-state index in [1.807, 2.05) is 32.8 Å². The van der Waals surface area contributed by atoms with E-state index in [0.717, 1.165) is 0 Å². The van der Waals surface area contributed by atoms with Crippen LogP contribution in [0.3, 0.4) is 0 Å². The molecular weight excluding hydrogens is 278 g/mol. The third kappa shape index (κ3) is 4.55. The van der Waals surface area contributed by atoms with Crippen LogP contribution in [-0.2, 0) is 16.6 Å². The highest BCUT2D eigenvalue weighted by atomic mass is 32.2. The Morgan fingerprint density at radius 1 is 1.40 bits per heavy atom. The first-order valence-corrected chi connectivity index (χ1v) is 8.10. The third-order valence-electron chi connectivity index (χ3n) is 2.99. The standard InChI is InChI=1S/C12H25N5O2S/c1-9(2)11(8-17(4)5)16-20(18,19)12-10(6-13-3)7-14-15-12/h7,9,11,13,16H,6,8H2,1-5H3,(H,14,15). The van der Waals surface area contributed by atoms with Gasteiger partial charge in [0.1, 0.15) is 0 Å². The molecule has 1 unspecified atom stereocenters. The Labute approximate surface area is 121 Å². The number of rotatable bonds is 8. The Kier molecular flexibility index (Phi) is 6.12. The molecule has 20 heavy (non-hydrogen) atoms. The van der Waals surface area contributed by atoms with Gasteiger partial charge < -0.3 is 10.2 Å². The molecule has 0 fully saturated rings. The van der Waals surface area contributed by atoms with E-state index >= 15 is 0 Å². The van der Waals surface area contributed by atoms with Gasteiger partial charge in [0.25, 0.3) is 10.0 Å². The molecule has 0 radical (unpaired) electrons. The zero-order chi connectivity index (χ0) is 15.3. The Hall–Kier alpha value is -0.960. The van der Waals surface area contributed by atoms with Crippen molar-refractivity contribution < 1.29 is 8.42 Å². The second-order valence-corrected chi connectivity index (χ2v) is 7.14. The van der Waals surface area contributed by atoms with Gasteiger partial charge in [-0.2, -0.15) is 5.10 Å². The molecule has 0 bridgehead atoms. The lowest BCUT2D eigenvalue weighted by Gasteiger charge is -2.25. The lowest BCUT2D eigenvalue weighted by Crippen LogP contribution is -2.45. The Morgan fingerprint density at radius 2 is 2.05 bits per heavy atom. The molecule has 0 aliphatic rings. The third-order valence-corrected chi connectivity index (χ3v) is 4.49. The largest absolute Gasteiger partial charge is 0.316 e. The number of hydrogen-bond donors (Lipinski definition) is 3. The summed E-state index contributed by atoms with van der Waals surface area (Å²) in [7, 11) is 2.02. The molecule has 1 heterocycles. The van der Waals surface area contributed by atoms with Crippen molar-refractivity contribution in [3.05, 3.63) is 11.8 Å². The molecular formula is C12H25N5O2S. The van der Waals surface area contributed by atoms with Crippen LogP contribution in [0.1, 0.15) is 19.4 Å². The van der Waals surface area contributed by atoms with Crippen molar-refractivity contribution >= 4 is 10.0 Å². The highest BCUT2D eigenvalue weighted by molar-refractivity contribution is 7.89. The summed E-state index contributed by atoms with van der Waals surface area (Å²) in [6.45, 7) is 5.09. The molecule has 1 aromatic heterocycles. The second-order valence-electron chi connectivity index (χ2n) is 5.49. The number of hydrogen-bond acceptors (Lipinski definition) is 5. The molecule has 0 amide bonds. The average Bonchev–Trinajstić information content (AvgIpc) is 2.76. The van der Waals surface area contributed by atoms with Crippen LogP contribution in [0.5, 0.6) is 0 Å². The van der Waals surface area contributed by atoms with Gasteiger partial charge in [0, 0.05) is 24.7 Å². The maximum atomic E-state index is 12.5. The Balaban J connectivity index is 2.94. The first-order chi connectivity index (χ1) is 9.27. The van der Waals surface area contributed by atoms with E-state index in [-0.39, 0.29) is 17.0 Å². The number of aromatic amines is 1. The second kappa shape index (κ2) is 7.16. The molecule has 1 rings (SSSR count). The van der Waals surface area contributed by atoms with Gasteiger partial charge >= 0.3 is 0 Å². The van der Waals surface area contributed by atoms with Crippen molar-refractivity contribution in [3.8, 4) is 0 Å². The molecule has 1 atom stereocenters. The minimum Gasteiger partial charge on any atom is -0.316 e. The molecule has 0 aromatic carbocycles. The predicted octanol–water partition coefficient (Wildman–Crippen LogP) is -0.00640. The molecule has 0 saturated heterocycles. The molecule has 0 saturated carbocycles. The van der Waals surface area contributed by atoms with E-state index in [4.69, 9.17) is 0 Å². The summed E-state index contributed by atoms with van der Waals surface area (Å²) in [4.78, 5) is 1.97. The summed E-state index contributed by atoms with van der Waals surface area (Å²) in [6.07, 6.45) is 1.53. The van der Waals surface area contributed by atoms with Crippen LogP contribution in [0.2, 0.25) is 0 Å². The molecule has 0 spiro atoms. The topological polar surface area (TPSA) is 90.1 Å². The SMILES string of the molecule is CNCc1cn[nH]c1S(=O)(=O)NC(CN(C)C)C(C)C. The van der Waals surface area contributed by atoms with E-state index in [0.29, 0.717) is 18.7 Å². The summed E-state index contributed by atoms with van der Waals surface area (Å²) in [6, 6.07) is -0.152. The van der Waals surface area contributed by atoms with E-state index < -0.39 is 10.0 Å². The van der Waals surface area contributed by atoms with Crippen molar-refractivity contribution in [2.45, 2.75) is 31.5 Å². The van der Waals surface area contributed by atoms with Gasteiger partial charge in [0.15, 0.2) is 5.03 Å². The van der Waals surface area contributed by atoms with E-state index in [9.17, 15) is 8.42 Å². The van der Waals surface area contributed by atoms with Crippen molar-refractivity contribution in [2.24, 2.45) is 5.92 Å². The Morgan fingerprint density at radius 3 is 2.55 bits per heavy atom. The van der Waals surface area contributed by atoms with E-state index in [2.05, 4.69) is 20.2 Å². The van der Waals surface area contributed by atoms with Crippen LogP contribution in [0.15, 0.2) is 11.2 Å². The van der Waals surface area contributed by atoms with Crippen LogP contribution in [-0.4, -0.2) is 57.2 Å². The van der Waals surface area contributed by atoms with E-state index in [1.54, 1.807) is 7.05 Å². The maximum Gasteiger partial charge on any atom is 0.258 e. The molecule has 0 aliphatic carbocycles. The quantitative estimate of drug-likeness (QED) is 0.628. The van der Waals surface area contributed by atoms with Crippen LogP contribution in [0, 0.1) is 5.92 Å². The first kappa shape index (κ1) is 17.1. The predicted molar refractivity (Wildman–Crippen MR) is 78.9 cm³/mol. The maximum absolute atomic E-state index is 12.5. The van der Waals surface area contributed by atoms with Crippen molar-refractivity contribution in [3.63, 3.8) is 0 Å². The van der Waals surface area contributed by atoms with Crippen LogP contribution in [0.25, 0.3) is 0 Å². The lowest BCUT2D eigenvalue weighted by atomic mass is 10.1. The fraction of sp³-hybridized carbons (Fsp3) is 0.750. The van der Waals surface area contributed by atoms with Crippen LogP contribution < -0.4 is 10.0 Å². The summed E-state index contributed by atoms with van der Waals surface area (Å²) < 4.78 is 27.7. The van der Waals surface area contributed by atoms with Gasteiger partial charge in [-0.15, -0.1) is 0 Å². The normalized spacial score (nSPS) is 14.2. The molecule has 116 valence electrons. The zero-order valence-corrected chi connectivity index (χ0v) is 13.6. The van der Waals surface area contributed by atoms with Gasteiger partial charge in [-0.3, -0.25) is 5.10 Å². The van der Waals surface area contributed by atoms with Crippen molar-refractivity contribution in [1.29, 1.82) is 0 Å². The number of nitrogens with one attached hydrogen (secondary N) is 3. The summed E-state index contributed by atoms with van der Waals surface area (Å²) in [5, 5.41) is 9.47. The monoisotopic (exact) mass is 303 g/mol. The number of H-pyrrole nitrogens is 1. The van der Waals surface area contributed by atoms with Gasteiger partial charge in [0.2, 0.25) is 0 Å². The zero-order valence-electron chi connectivity index (χ0n) is 12.8. The first-order valence-electron chi connectivity index (χ1n) is 6.61. The van der Waals surface area contributed by atoms with Gasteiger partial charge in [-0.25, -0.2) is 13.1 Å². The molecule has 1 aromatic rings. The fourth-order valence-electron chi connectivity index (χ4n) is 1.88. The van der Waals surface area contributed by atoms with Crippen LogP contribution in [0.4, 0.5) is 0 Å². The molecule has 8 heteroatoms. The highest BCUT2D eigenvalue weighted by Gasteiger charge is 2.26. The molecule has 3 N–H and O–H groups in total. The summed E-state index contributed by atoms with van der Waals surface area (Å²) >= 11 is 0. The molecule has 0 aliphatic heterocycles. The minimum atomic E-state index is -3.59. The summed E-state index contributed by atoms with van der Waals surface area (Å²) in [5.41, 5.74) is 0.632. The smallest absolute Gasteiger partial charge is 0.258 e. The van der Waals surface area contributed by atoms with E-state index in [1.165, 1.54) is 6.20 Å². The van der Waals surface area contributed by atoms with Crippen molar-refractivity contribution in [2.75, 3.05) is 27.7 Å². The highest BCUT2D eigenvalue weighted by Crippen LogP contribution is 2.14.